The number of carbonyl (C=O) groups excluding carboxylic acids is 1. The monoisotopic (exact) mass is 451 g/mol. The maximum Gasteiger partial charge on any atom is 0.289 e. The Bertz CT molecular complexity index is 1010. The number of likely N-dealkylation sites (N-methyl/N-ethyl adjacent to an activating group) is 1. The first-order chi connectivity index (χ1) is 14.3. The van der Waals surface area contributed by atoms with Crippen LogP contribution >= 0.6 is 0 Å². The number of benzene rings is 1. The third-order valence-electron chi connectivity index (χ3n) is 7.58. The van der Waals surface area contributed by atoms with Crippen LogP contribution in [0.25, 0.3) is 0 Å². The van der Waals surface area contributed by atoms with Gasteiger partial charge in [0.15, 0.2) is 4.90 Å². The Morgan fingerprint density at radius 3 is 2.35 bits per heavy atom. The number of aliphatic hydroxyl groups is 1. The highest BCUT2D eigenvalue weighted by Crippen LogP contribution is 2.55. The number of rotatable bonds is 6. The predicted octanol–water partition coefficient (Wildman–Crippen LogP) is 2.05. The molecule has 4 aliphatic carbocycles. The van der Waals surface area contributed by atoms with Gasteiger partial charge in [-0.3, -0.25) is 14.9 Å². The second-order valence-electron chi connectivity index (χ2n) is 9.95. The lowest BCUT2D eigenvalue weighted by molar-refractivity contribution is -0.387. The molecule has 0 spiro atoms. The van der Waals surface area contributed by atoms with Crippen molar-refractivity contribution in [3.05, 3.63) is 34.4 Å². The fourth-order valence-electron chi connectivity index (χ4n) is 5.96. The van der Waals surface area contributed by atoms with Gasteiger partial charge in [0.2, 0.25) is 5.91 Å². The first kappa shape index (κ1) is 22.2. The molecule has 4 saturated carbocycles. The molecule has 0 radical (unpaired) electrons. The molecule has 31 heavy (non-hydrogen) atoms. The number of nitro groups is 1. The SMILES string of the molecule is CN(C(C)(C)C(=O)NC1C2CC3CC1CC(O)(C3)C2)S(=O)(=O)c1ccccc1[N+](=O)[O-]. The zero-order chi connectivity index (χ0) is 22.8. The minimum absolute atomic E-state index is 0.0919. The summed E-state index contributed by atoms with van der Waals surface area (Å²) in [4.78, 5) is 23.4. The van der Waals surface area contributed by atoms with Crippen molar-refractivity contribution in [3.63, 3.8) is 0 Å². The molecule has 0 heterocycles. The van der Waals surface area contributed by atoms with Crippen LogP contribution in [0.4, 0.5) is 5.69 Å². The van der Waals surface area contributed by atoms with Crippen molar-refractivity contribution in [3.8, 4) is 0 Å². The minimum atomic E-state index is -4.30. The molecule has 2 N–H and O–H groups in total. The topological polar surface area (TPSA) is 130 Å². The standard InChI is InChI=1S/C21H29N3O6S/c1-20(2,23(3)31(29,30)17-7-5-4-6-16(17)24(27)28)19(25)22-18-14-8-13-9-15(18)12-21(26,10-13)11-14/h4-7,13-15,18,26H,8-12H2,1-3H3,(H,22,25). The summed E-state index contributed by atoms with van der Waals surface area (Å²) in [6.45, 7) is 3.00. The van der Waals surface area contributed by atoms with Gasteiger partial charge in [-0.05, 0) is 69.8 Å². The molecule has 4 fully saturated rings. The lowest BCUT2D eigenvalue weighted by Gasteiger charge is -2.58. The highest BCUT2D eigenvalue weighted by atomic mass is 32.2. The molecule has 0 saturated heterocycles. The van der Waals surface area contributed by atoms with Crippen molar-refractivity contribution in [1.29, 1.82) is 0 Å². The lowest BCUT2D eigenvalue weighted by Crippen LogP contribution is -2.65. The van der Waals surface area contributed by atoms with Crippen LogP contribution in [0.3, 0.4) is 0 Å². The van der Waals surface area contributed by atoms with Crippen LogP contribution in [-0.2, 0) is 14.8 Å². The maximum atomic E-state index is 13.3. The first-order valence-corrected chi connectivity index (χ1v) is 12.0. The van der Waals surface area contributed by atoms with E-state index >= 15 is 0 Å². The number of sulfonamides is 1. The first-order valence-electron chi connectivity index (χ1n) is 10.6. The quantitative estimate of drug-likeness (QED) is 0.503. The second kappa shape index (κ2) is 7.25. The number of nitrogens with zero attached hydrogens (tertiary/aromatic N) is 2. The van der Waals surface area contributed by atoms with Gasteiger partial charge >= 0.3 is 0 Å². The Labute approximate surface area is 182 Å². The molecule has 10 heteroatoms. The molecule has 2 unspecified atom stereocenters. The number of carbonyl (C=O) groups is 1. The molecule has 1 aromatic rings. The zero-order valence-electron chi connectivity index (χ0n) is 17.9. The van der Waals surface area contributed by atoms with E-state index in [9.17, 15) is 28.4 Å². The van der Waals surface area contributed by atoms with Gasteiger partial charge in [0.05, 0.1) is 10.5 Å². The van der Waals surface area contributed by atoms with E-state index in [2.05, 4.69) is 5.32 Å². The normalized spacial score (nSPS) is 32.3. The molecular weight excluding hydrogens is 422 g/mol. The van der Waals surface area contributed by atoms with Crippen LogP contribution in [0.1, 0.15) is 46.0 Å². The second-order valence-corrected chi connectivity index (χ2v) is 11.9. The van der Waals surface area contributed by atoms with E-state index in [0.717, 1.165) is 29.6 Å². The van der Waals surface area contributed by atoms with Gasteiger partial charge in [-0.2, -0.15) is 4.31 Å². The van der Waals surface area contributed by atoms with Gasteiger partial charge in [-0.15, -0.1) is 0 Å². The van der Waals surface area contributed by atoms with Gasteiger partial charge in [0, 0.05) is 19.2 Å². The van der Waals surface area contributed by atoms with E-state index in [1.54, 1.807) is 0 Å². The van der Waals surface area contributed by atoms with E-state index in [4.69, 9.17) is 0 Å². The lowest BCUT2D eigenvalue weighted by atomic mass is 9.52. The number of nitro benzene ring substituents is 1. The fraction of sp³-hybridized carbons (Fsp3) is 0.667. The van der Waals surface area contributed by atoms with Crippen molar-refractivity contribution < 1.29 is 23.2 Å². The summed E-state index contributed by atoms with van der Waals surface area (Å²) in [5.74, 6) is 0.424. The van der Waals surface area contributed by atoms with Crippen LogP contribution in [0.2, 0.25) is 0 Å². The summed E-state index contributed by atoms with van der Waals surface area (Å²) in [5, 5.41) is 25.1. The highest BCUT2D eigenvalue weighted by Gasteiger charge is 2.56. The van der Waals surface area contributed by atoms with Crippen LogP contribution in [0, 0.1) is 27.9 Å². The van der Waals surface area contributed by atoms with Crippen molar-refractivity contribution >= 4 is 21.6 Å². The average Bonchev–Trinajstić information content (AvgIpc) is 2.68. The number of hydrogen-bond acceptors (Lipinski definition) is 6. The zero-order valence-corrected chi connectivity index (χ0v) is 18.8. The van der Waals surface area contributed by atoms with Crippen LogP contribution in [-0.4, -0.2) is 52.9 Å². The van der Waals surface area contributed by atoms with E-state index < -0.39 is 42.6 Å². The van der Waals surface area contributed by atoms with E-state index in [0.29, 0.717) is 18.8 Å². The highest BCUT2D eigenvalue weighted by molar-refractivity contribution is 7.89. The average molecular weight is 452 g/mol. The fourth-order valence-corrected chi connectivity index (χ4v) is 7.60. The van der Waals surface area contributed by atoms with E-state index in [-0.39, 0.29) is 17.9 Å². The number of para-hydroxylation sites is 1. The van der Waals surface area contributed by atoms with Crippen molar-refractivity contribution in [1.82, 2.24) is 9.62 Å². The molecule has 9 nitrogen and oxygen atoms in total. The Hall–Kier alpha value is -2.04. The summed E-state index contributed by atoms with van der Waals surface area (Å²) in [5.41, 5.74) is -2.62. The van der Waals surface area contributed by atoms with Crippen LogP contribution in [0.5, 0.6) is 0 Å². The summed E-state index contributed by atoms with van der Waals surface area (Å²) < 4.78 is 27.3. The number of hydrogen-bond donors (Lipinski definition) is 2. The van der Waals surface area contributed by atoms with Crippen molar-refractivity contribution in [2.24, 2.45) is 17.8 Å². The Balaban J connectivity index is 1.55. The molecule has 5 rings (SSSR count). The molecule has 0 aromatic heterocycles. The van der Waals surface area contributed by atoms with Gasteiger partial charge < -0.3 is 10.4 Å². The predicted molar refractivity (Wildman–Crippen MR) is 113 cm³/mol. The number of nitrogens with one attached hydrogen (secondary N) is 1. The summed E-state index contributed by atoms with van der Waals surface area (Å²) in [6.07, 6.45) is 4.09. The molecule has 1 aromatic carbocycles. The molecule has 0 aliphatic heterocycles. The summed E-state index contributed by atoms with van der Waals surface area (Å²) in [6, 6.07) is 5.03. The number of amides is 1. The smallest absolute Gasteiger partial charge is 0.289 e. The molecule has 4 aliphatic rings. The summed E-state index contributed by atoms with van der Waals surface area (Å²) >= 11 is 0. The van der Waals surface area contributed by atoms with E-state index in [1.165, 1.54) is 39.1 Å². The van der Waals surface area contributed by atoms with Gasteiger partial charge in [0.1, 0.15) is 5.54 Å². The van der Waals surface area contributed by atoms with Crippen molar-refractivity contribution in [2.45, 2.75) is 68.0 Å². The molecular formula is C21H29N3O6S. The molecule has 170 valence electrons. The summed E-state index contributed by atoms with van der Waals surface area (Å²) in [7, 11) is -3.03. The Kier molecular flexibility index (Phi) is 5.18. The third-order valence-corrected chi connectivity index (χ3v) is 9.66. The van der Waals surface area contributed by atoms with Crippen LogP contribution < -0.4 is 5.32 Å². The minimum Gasteiger partial charge on any atom is -0.390 e. The largest absolute Gasteiger partial charge is 0.390 e. The van der Waals surface area contributed by atoms with Gasteiger partial charge in [-0.1, -0.05) is 12.1 Å². The third kappa shape index (κ3) is 3.64. The van der Waals surface area contributed by atoms with Crippen LogP contribution in [0.15, 0.2) is 29.2 Å². The molecule has 4 bridgehead atoms. The maximum absolute atomic E-state index is 13.3. The Morgan fingerprint density at radius 2 is 1.81 bits per heavy atom. The van der Waals surface area contributed by atoms with E-state index in [1.807, 2.05) is 0 Å². The molecule has 1 amide bonds. The Morgan fingerprint density at radius 1 is 1.23 bits per heavy atom. The van der Waals surface area contributed by atoms with Crippen molar-refractivity contribution in [2.75, 3.05) is 7.05 Å². The van der Waals surface area contributed by atoms with Gasteiger partial charge in [0.25, 0.3) is 15.7 Å². The van der Waals surface area contributed by atoms with Gasteiger partial charge in [-0.25, -0.2) is 8.42 Å². The molecule has 2 atom stereocenters.